The molecule has 0 amide bonds. The number of nitrogens with zero attached hydrogens (tertiary/aromatic N) is 1. The van der Waals surface area contributed by atoms with E-state index in [1.165, 1.54) is 20.2 Å². The van der Waals surface area contributed by atoms with E-state index in [1.54, 1.807) is 0 Å². The summed E-state index contributed by atoms with van der Waals surface area (Å²) < 4.78 is 30.1. The number of benzene rings is 1. The molecule has 0 aliphatic rings. The smallest absolute Gasteiger partial charge is 0.372 e. The van der Waals surface area contributed by atoms with Gasteiger partial charge < -0.3 is 9.52 Å². The Morgan fingerprint density at radius 2 is 1.90 bits per heavy atom. The average Bonchev–Trinajstić information content (AvgIpc) is 2.77. The molecule has 0 spiro atoms. The van der Waals surface area contributed by atoms with Crippen LogP contribution in [0.15, 0.2) is 21.6 Å². The number of carboxylic acids is 1. The van der Waals surface area contributed by atoms with Crippen molar-refractivity contribution in [2.75, 3.05) is 14.1 Å². The van der Waals surface area contributed by atoms with Gasteiger partial charge in [0, 0.05) is 19.5 Å². The number of hydrogen-bond acceptors (Lipinski definition) is 4. The van der Waals surface area contributed by atoms with E-state index in [0.717, 1.165) is 10.6 Å². The van der Waals surface area contributed by atoms with Gasteiger partial charge >= 0.3 is 5.97 Å². The van der Waals surface area contributed by atoms with Crippen LogP contribution in [-0.4, -0.2) is 37.9 Å². The number of carboxylic acid groups (broad SMARTS) is 1. The summed E-state index contributed by atoms with van der Waals surface area (Å²) in [5, 5.41) is 8.89. The van der Waals surface area contributed by atoms with Gasteiger partial charge in [0.05, 0.1) is 21.7 Å². The molecule has 108 valence electrons. The summed E-state index contributed by atoms with van der Waals surface area (Å²) in [4.78, 5) is 10.8. The summed E-state index contributed by atoms with van der Waals surface area (Å²) in [6, 6.07) is 1.23. The molecule has 0 atom stereocenters. The molecule has 1 aromatic heterocycles. The molecule has 0 radical (unpaired) electrons. The zero-order valence-corrected chi connectivity index (χ0v) is 12.7. The Hall–Kier alpha value is -1.28. The minimum Gasteiger partial charge on any atom is -0.475 e. The molecule has 2 rings (SSSR count). The second-order valence-corrected chi connectivity index (χ2v) is 7.00. The zero-order valence-electron chi connectivity index (χ0n) is 10.3. The van der Waals surface area contributed by atoms with Crippen LogP contribution >= 0.6 is 23.2 Å². The van der Waals surface area contributed by atoms with Crippen molar-refractivity contribution >= 4 is 50.0 Å². The van der Waals surface area contributed by atoms with Crippen molar-refractivity contribution < 1.29 is 22.7 Å². The zero-order chi connectivity index (χ0) is 15.2. The first-order valence-corrected chi connectivity index (χ1v) is 7.42. The Balaban J connectivity index is 2.88. The van der Waals surface area contributed by atoms with Crippen LogP contribution in [0.1, 0.15) is 10.6 Å². The van der Waals surface area contributed by atoms with Crippen molar-refractivity contribution in [1.82, 2.24) is 4.31 Å². The molecular formula is C11H9Cl2NO5S. The maximum atomic E-state index is 12.1. The Morgan fingerprint density at radius 3 is 2.40 bits per heavy atom. The Morgan fingerprint density at radius 1 is 1.30 bits per heavy atom. The van der Waals surface area contributed by atoms with Crippen LogP contribution < -0.4 is 0 Å². The number of fused-ring (bicyclic) bond motifs is 1. The van der Waals surface area contributed by atoms with Gasteiger partial charge in [0.2, 0.25) is 15.8 Å². The molecular weight excluding hydrogens is 329 g/mol. The molecule has 0 bridgehead atoms. The van der Waals surface area contributed by atoms with Crippen molar-refractivity contribution in [1.29, 1.82) is 0 Å². The van der Waals surface area contributed by atoms with E-state index in [1.807, 2.05) is 0 Å². The standard InChI is InChI=1S/C11H9Cl2NO5S/c1-14(2)20(17,18)6-3-5-4-19-10(11(15)16)7(5)9(13)8(6)12/h3-4H,1-2H3,(H,15,16). The molecule has 1 heterocycles. The van der Waals surface area contributed by atoms with Gasteiger partial charge in [-0.05, 0) is 6.07 Å². The lowest BCUT2D eigenvalue weighted by Crippen LogP contribution is -2.22. The highest BCUT2D eigenvalue weighted by molar-refractivity contribution is 7.89. The van der Waals surface area contributed by atoms with E-state index < -0.39 is 16.0 Å². The molecule has 0 saturated carbocycles. The van der Waals surface area contributed by atoms with Gasteiger partial charge in [-0.1, -0.05) is 23.2 Å². The Kier molecular flexibility index (Phi) is 3.72. The van der Waals surface area contributed by atoms with E-state index >= 15 is 0 Å². The highest BCUT2D eigenvalue weighted by Gasteiger charge is 2.27. The predicted octanol–water partition coefficient (Wildman–Crippen LogP) is 2.69. The predicted molar refractivity (Wildman–Crippen MR) is 74.1 cm³/mol. The van der Waals surface area contributed by atoms with Gasteiger partial charge in [0.1, 0.15) is 4.90 Å². The maximum absolute atomic E-state index is 12.1. The fourth-order valence-corrected chi connectivity index (χ4v) is 3.46. The van der Waals surface area contributed by atoms with Crippen molar-refractivity contribution in [3.05, 3.63) is 28.1 Å². The van der Waals surface area contributed by atoms with Gasteiger partial charge in [-0.15, -0.1) is 0 Å². The molecule has 6 nitrogen and oxygen atoms in total. The summed E-state index contributed by atoms with van der Waals surface area (Å²) in [5.41, 5.74) is 0. The number of rotatable bonds is 3. The van der Waals surface area contributed by atoms with Crippen molar-refractivity contribution in [2.24, 2.45) is 0 Å². The number of aromatic carboxylic acids is 1. The molecule has 0 fully saturated rings. The summed E-state index contributed by atoms with van der Waals surface area (Å²) in [7, 11) is -1.11. The molecule has 0 aliphatic heterocycles. The van der Waals surface area contributed by atoms with Gasteiger partial charge in [-0.25, -0.2) is 17.5 Å². The molecule has 2 aromatic rings. The average molecular weight is 338 g/mol. The molecule has 1 aromatic carbocycles. The van der Waals surface area contributed by atoms with E-state index in [9.17, 15) is 13.2 Å². The summed E-state index contributed by atoms with van der Waals surface area (Å²) in [5.74, 6) is -1.71. The lowest BCUT2D eigenvalue weighted by Gasteiger charge is -2.13. The summed E-state index contributed by atoms with van der Waals surface area (Å²) >= 11 is 12.0. The normalized spacial score (nSPS) is 12.2. The Labute approximate surface area is 124 Å². The van der Waals surface area contributed by atoms with Crippen LogP contribution in [0, 0.1) is 0 Å². The van der Waals surface area contributed by atoms with Gasteiger partial charge in [-0.2, -0.15) is 0 Å². The van der Waals surface area contributed by atoms with E-state index in [4.69, 9.17) is 32.7 Å². The van der Waals surface area contributed by atoms with Crippen LogP contribution in [0.25, 0.3) is 10.8 Å². The van der Waals surface area contributed by atoms with Crippen LogP contribution in [0.4, 0.5) is 0 Å². The lowest BCUT2D eigenvalue weighted by molar-refractivity contribution is 0.0665. The Bertz CT molecular complexity index is 810. The highest BCUT2D eigenvalue weighted by atomic mass is 35.5. The SMILES string of the molecule is CN(C)S(=O)(=O)c1cc2coc(C(=O)O)c2c(Cl)c1Cl. The topological polar surface area (TPSA) is 87.8 Å². The number of hydrogen-bond donors (Lipinski definition) is 1. The third-order valence-electron chi connectivity index (χ3n) is 2.69. The monoisotopic (exact) mass is 337 g/mol. The third-order valence-corrected chi connectivity index (χ3v) is 5.51. The largest absolute Gasteiger partial charge is 0.475 e. The molecule has 0 saturated heterocycles. The molecule has 9 heteroatoms. The third kappa shape index (κ3) is 2.16. The van der Waals surface area contributed by atoms with E-state index in [2.05, 4.69) is 0 Å². The van der Waals surface area contributed by atoms with Crippen LogP contribution in [0.5, 0.6) is 0 Å². The molecule has 20 heavy (non-hydrogen) atoms. The number of furan rings is 1. The maximum Gasteiger partial charge on any atom is 0.372 e. The fourth-order valence-electron chi connectivity index (χ4n) is 1.67. The number of sulfonamides is 1. The van der Waals surface area contributed by atoms with Gasteiger partial charge in [0.15, 0.2) is 0 Å². The highest BCUT2D eigenvalue weighted by Crippen LogP contribution is 2.39. The van der Waals surface area contributed by atoms with Crippen molar-refractivity contribution in [2.45, 2.75) is 4.90 Å². The van der Waals surface area contributed by atoms with Crippen LogP contribution in [-0.2, 0) is 10.0 Å². The second-order valence-electron chi connectivity index (χ2n) is 4.12. The summed E-state index contributed by atoms with van der Waals surface area (Å²) in [6.07, 6.45) is 1.12. The van der Waals surface area contributed by atoms with E-state index in [0.29, 0.717) is 0 Å². The quantitative estimate of drug-likeness (QED) is 0.930. The van der Waals surface area contributed by atoms with Crippen molar-refractivity contribution in [3.8, 4) is 0 Å². The first kappa shape index (κ1) is 15.1. The van der Waals surface area contributed by atoms with E-state index in [-0.39, 0.29) is 31.5 Å². The second kappa shape index (κ2) is 4.92. The molecule has 0 aliphatic carbocycles. The van der Waals surface area contributed by atoms with Gasteiger partial charge in [-0.3, -0.25) is 0 Å². The lowest BCUT2D eigenvalue weighted by atomic mass is 10.2. The molecule has 1 N–H and O–H groups in total. The number of carbonyl (C=O) groups is 1. The first-order valence-electron chi connectivity index (χ1n) is 5.23. The van der Waals surface area contributed by atoms with Gasteiger partial charge in [0.25, 0.3) is 0 Å². The minimum absolute atomic E-state index is 0.0712. The first-order chi connectivity index (χ1) is 9.17. The minimum atomic E-state index is -3.80. The van der Waals surface area contributed by atoms with Crippen molar-refractivity contribution in [3.63, 3.8) is 0 Å². The summed E-state index contributed by atoms with van der Waals surface area (Å²) in [6.45, 7) is 0. The number of halogens is 2. The van der Waals surface area contributed by atoms with Crippen LogP contribution in [0.2, 0.25) is 10.0 Å². The van der Waals surface area contributed by atoms with Crippen LogP contribution in [0.3, 0.4) is 0 Å². The molecule has 0 unspecified atom stereocenters. The fraction of sp³-hybridized carbons (Fsp3) is 0.182.